The van der Waals surface area contributed by atoms with Gasteiger partial charge in [0.25, 0.3) is 0 Å². The zero-order valence-electron chi connectivity index (χ0n) is 8.79. The minimum absolute atomic E-state index is 0.127. The third kappa shape index (κ3) is 2.82. The Kier molecular flexibility index (Phi) is 4.51. The highest BCUT2D eigenvalue weighted by Gasteiger charge is 2.10. The van der Waals surface area contributed by atoms with Gasteiger partial charge in [-0.05, 0) is 6.92 Å². The van der Waals surface area contributed by atoms with Crippen LogP contribution in [0.15, 0.2) is 12.1 Å². The van der Waals surface area contributed by atoms with E-state index in [1.807, 2.05) is 13.0 Å². The van der Waals surface area contributed by atoms with Crippen LogP contribution in [0.5, 0.6) is 11.5 Å². The van der Waals surface area contributed by atoms with Crippen molar-refractivity contribution in [3.8, 4) is 29.9 Å². The summed E-state index contributed by atoms with van der Waals surface area (Å²) in [7, 11) is 0. The van der Waals surface area contributed by atoms with Gasteiger partial charge in [-0.25, -0.2) is 0 Å². The van der Waals surface area contributed by atoms with E-state index in [9.17, 15) is 0 Å². The first-order valence-corrected chi connectivity index (χ1v) is 5.03. The first kappa shape index (κ1) is 12.2. The number of nitriles is 1. The Bertz CT molecular complexity index is 457. The summed E-state index contributed by atoms with van der Waals surface area (Å²) < 4.78 is 10.6. The van der Waals surface area contributed by atoms with Crippen LogP contribution in [0.3, 0.4) is 0 Å². The lowest BCUT2D eigenvalue weighted by molar-refractivity contribution is 0.299. The highest BCUT2D eigenvalue weighted by molar-refractivity contribution is 6.31. The van der Waals surface area contributed by atoms with Crippen molar-refractivity contribution in [1.82, 2.24) is 0 Å². The van der Waals surface area contributed by atoms with E-state index in [0.717, 1.165) is 0 Å². The van der Waals surface area contributed by atoms with E-state index in [2.05, 4.69) is 5.92 Å². The monoisotopic (exact) mass is 235 g/mol. The van der Waals surface area contributed by atoms with E-state index in [0.29, 0.717) is 28.7 Å². The molecular weight excluding hydrogens is 226 g/mol. The molecule has 0 amide bonds. The molecule has 1 aromatic carbocycles. The maximum absolute atomic E-state index is 8.81. The second-order valence-electron chi connectivity index (χ2n) is 2.82. The summed E-state index contributed by atoms with van der Waals surface area (Å²) in [5.41, 5.74) is 0.346. The third-order valence-corrected chi connectivity index (χ3v) is 2.08. The van der Waals surface area contributed by atoms with Gasteiger partial charge in [-0.3, -0.25) is 0 Å². The molecule has 0 aliphatic heterocycles. The number of rotatable bonds is 4. The summed E-state index contributed by atoms with van der Waals surface area (Å²) in [5.74, 6) is 3.27. The summed E-state index contributed by atoms with van der Waals surface area (Å²) in [4.78, 5) is 0. The number of ether oxygens (including phenoxy) is 2. The first-order valence-electron chi connectivity index (χ1n) is 4.65. The van der Waals surface area contributed by atoms with Crippen LogP contribution in [0, 0.1) is 23.7 Å². The van der Waals surface area contributed by atoms with Gasteiger partial charge in [0.05, 0.1) is 17.2 Å². The molecule has 0 atom stereocenters. The Morgan fingerprint density at radius 1 is 1.38 bits per heavy atom. The number of nitrogens with zero attached hydrogens (tertiary/aromatic N) is 1. The van der Waals surface area contributed by atoms with Crippen LogP contribution >= 0.6 is 11.6 Å². The first-order chi connectivity index (χ1) is 7.72. The minimum atomic E-state index is 0.127. The molecule has 0 aliphatic rings. The summed E-state index contributed by atoms with van der Waals surface area (Å²) in [5, 5.41) is 9.13. The van der Waals surface area contributed by atoms with E-state index < -0.39 is 0 Å². The van der Waals surface area contributed by atoms with Crippen molar-refractivity contribution >= 4 is 11.6 Å². The number of benzene rings is 1. The molecule has 4 heteroatoms. The molecule has 0 aromatic heterocycles. The van der Waals surface area contributed by atoms with E-state index in [4.69, 9.17) is 32.8 Å². The molecule has 0 N–H and O–H groups in total. The fourth-order valence-electron chi connectivity index (χ4n) is 1.12. The summed E-state index contributed by atoms with van der Waals surface area (Å²) in [6.07, 6.45) is 5.09. The van der Waals surface area contributed by atoms with Gasteiger partial charge in [0.1, 0.15) is 12.7 Å². The van der Waals surface area contributed by atoms with Crippen molar-refractivity contribution in [1.29, 1.82) is 5.26 Å². The maximum atomic E-state index is 8.81. The van der Waals surface area contributed by atoms with Crippen molar-refractivity contribution in [3.05, 3.63) is 22.7 Å². The van der Waals surface area contributed by atoms with E-state index in [-0.39, 0.29) is 6.61 Å². The number of hydrogen-bond acceptors (Lipinski definition) is 3. The molecule has 0 saturated carbocycles. The molecule has 0 spiro atoms. The van der Waals surface area contributed by atoms with Gasteiger partial charge >= 0.3 is 0 Å². The van der Waals surface area contributed by atoms with Crippen molar-refractivity contribution in [2.24, 2.45) is 0 Å². The second kappa shape index (κ2) is 5.90. The fourth-order valence-corrected chi connectivity index (χ4v) is 1.32. The van der Waals surface area contributed by atoms with Gasteiger partial charge in [0.2, 0.25) is 0 Å². The van der Waals surface area contributed by atoms with Crippen molar-refractivity contribution in [2.45, 2.75) is 6.92 Å². The van der Waals surface area contributed by atoms with Crippen LogP contribution in [0.4, 0.5) is 0 Å². The zero-order chi connectivity index (χ0) is 12.0. The smallest absolute Gasteiger partial charge is 0.164 e. The third-order valence-electron chi connectivity index (χ3n) is 1.76. The Labute approximate surface area is 99.5 Å². The van der Waals surface area contributed by atoms with Gasteiger partial charge in [0, 0.05) is 12.1 Å². The van der Waals surface area contributed by atoms with Crippen LogP contribution in [0.2, 0.25) is 5.02 Å². The molecule has 1 rings (SSSR count). The van der Waals surface area contributed by atoms with Crippen LogP contribution in [0.1, 0.15) is 12.5 Å². The molecule has 3 nitrogen and oxygen atoms in total. The number of terminal acetylenes is 1. The average molecular weight is 236 g/mol. The molecule has 0 heterocycles. The highest BCUT2D eigenvalue weighted by Crippen LogP contribution is 2.33. The summed E-state index contributed by atoms with van der Waals surface area (Å²) in [6.45, 7) is 2.44. The molecule has 0 radical (unpaired) electrons. The molecule has 0 bridgehead atoms. The molecule has 0 saturated heterocycles. The van der Waals surface area contributed by atoms with Gasteiger partial charge < -0.3 is 9.47 Å². The topological polar surface area (TPSA) is 42.2 Å². The van der Waals surface area contributed by atoms with Crippen LogP contribution in [0.25, 0.3) is 0 Å². The van der Waals surface area contributed by atoms with Crippen molar-refractivity contribution in [3.63, 3.8) is 0 Å². The van der Waals surface area contributed by atoms with E-state index in [1.54, 1.807) is 0 Å². The standard InChI is InChI=1S/C12H10ClNO2/c1-3-5-16-12-7-10(13)9(8-14)6-11(12)15-4-2/h1,6-7H,4-5H2,2H3. The van der Waals surface area contributed by atoms with Gasteiger partial charge in [-0.1, -0.05) is 17.5 Å². The minimum Gasteiger partial charge on any atom is -0.490 e. The van der Waals surface area contributed by atoms with Crippen LogP contribution in [-0.4, -0.2) is 13.2 Å². The average Bonchev–Trinajstić information content (AvgIpc) is 2.29. The predicted molar refractivity (Wildman–Crippen MR) is 61.7 cm³/mol. The summed E-state index contributed by atoms with van der Waals surface area (Å²) >= 11 is 5.87. The normalized spacial score (nSPS) is 9.00. The number of halogens is 1. The lowest BCUT2D eigenvalue weighted by Gasteiger charge is -2.11. The molecule has 1 aromatic rings. The quantitative estimate of drug-likeness (QED) is 0.754. The second-order valence-corrected chi connectivity index (χ2v) is 3.22. The summed E-state index contributed by atoms with van der Waals surface area (Å²) in [6, 6.07) is 5.04. The van der Waals surface area contributed by atoms with Gasteiger partial charge in [-0.2, -0.15) is 5.26 Å². The highest BCUT2D eigenvalue weighted by atomic mass is 35.5. The van der Waals surface area contributed by atoms with Crippen molar-refractivity contribution < 1.29 is 9.47 Å². The lowest BCUT2D eigenvalue weighted by Crippen LogP contribution is -2.00. The fraction of sp³-hybridized carbons (Fsp3) is 0.250. The van der Waals surface area contributed by atoms with Crippen LogP contribution < -0.4 is 9.47 Å². The van der Waals surface area contributed by atoms with Gasteiger partial charge in [0.15, 0.2) is 11.5 Å². The SMILES string of the molecule is C#CCOc1cc(Cl)c(C#N)cc1OCC. The van der Waals surface area contributed by atoms with E-state index >= 15 is 0 Å². The Morgan fingerprint density at radius 3 is 2.62 bits per heavy atom. The van der Waals surface area contributed by atoms with E-state index in [1.165, 1.54) is 12.1 Å². The molecular formula is C12H10ClNO2. The largest absolute Gasteiger partial charge is 0.490 e. The Balaban J connectivity index is 3.10. The van der Waals surface area contributed by atoms with Crippen molar-refractivity contribution in [2.75, 3.05) is 13.2 Å². The Morgan fingerprint density at radius 2 is 2.06 bits per heavy atom. The molecule has 0 unspecified atom stereocenters. The predicted octanol–water partition coefficient (Wildman–Crippen LogP) is 2.62. The zero-order valence-corrected chi connectivity index (χ0v) is 9.54. The van der Waals surface area contributed by atoms with Gasteiger partial charge in [-0.15, -0.1) is 6.42 Å². The Hall–Kier alpha value is -1.84. The molecule has 82 valence electrons. The molecule has 16 heavy (non-hydrogen) atoms. The van der Waals surface area contributed by atoms with Crippen LogP contribution in [-0.2, 0) is 0 Å². The lowest BCUT2D eigenvalue weighted by atomic mass is 10.2. The molecule has 0 aliphatic carbocycles. The number of hydrogen-bond donors (Lipinski definition) is 0. The maximum Gasteiger partial charge on any atom is 0.164 e. The molecule has 0 fully saturated rings.